The highest BCUT2D eigenvalue weighted by Gasteiger charge is 2.56. The predicted molar refractivity (Wildman–Crippen MR) is 116 cm³/mol. The van der Waals surface area contributed by atoms with Crippen molar-refractivity contribution in [1.82, 2.24) is 9.80 Å². The molecule has 2 saturated heterocycles. The van der Waals surface area contributed by atoms with Gasteiger partial charge in [0.25, 0.3) is 5.69 Å². The summed E-state index contributed by atoms with van der Waals surface area (Å²) < 4.78 is 0. The normalized spacial score (nSPS) is 28.9. The number of non-ortho nitro benzene ring substituents is 1. The largest absolute Gasteiger partial charge is 0.368 e. The zero-order chi connectivity index (χ0) is 22.4. The minimum Gasteiger partial charge on any atom is -0.368 e. The van der Waals surface area contributed by atoms with Gasteiger partial charge in [-0.3, -0.25) is 29.4 Å². The van der Waals surface area contributed by atoms with Crippen molar-refractivity contribution < 1.29 is 19.3 Å². The Kier molecular flexibility index (Phi) is 5.19. The van der Waals surface area contributed by atoms with Crippen molar-refractivity contribution in [3.05, 3.63) is 46.5 Å². The van der Waals surface area contributed by atoms with E-state index in [1.807, 2.05) is 0 Å². The van der Waals surface area contributed by atoms with Crippen molar-refractivity contribution in [2.45, 2.75) is 19.3 Å². The zero-order valence-electron chi connectivity index (χ0n) is 17.8. The molecule has 9 heteroatoms. The number of piperazine rings is 1. The van der Waals surface area contributed by atoms with E-state index in [0.29, 0.717) is 26.2 Å². The minimum absolute atomic E-state index is 0.0510. The molecule has 5 aliphatic rings. The number of anilines is 1. The average molecular weight is 438 g/mol. The molecule has 0 aromatic heterocycles. The molecule has 168 valence electrons. The lowest BCUT2D eigenvalue weighted by atomic mass is 9.63. The second-order valence-electron chi connectivity index (χ2n) is 9.06. The second kappa shape index (κ2) is 8.03. The molecule has 9 nitrogen and oxygen atoms in total. The first-order valence-electron chi connectivity index (χ1n) is 11.2. The fourth-order valence-electron chi connectivity index (χ4n) is 5.72. The van der Waals surface area contributed by atoms with Gasteiger partial charge in [-0.05, 0) is 36.8 Å². The van der Waals surface area contributed by atoms with Crippen LogP contribution in [-0.2, 0) is 14.4 Å². The van der Waals surface area contributed by atoms with Crippen LogP contribution in [0.2, 0.25) is 0 Å². The third-order valence-electron chi connectivity index (χ3n) is 7.46. The van der Waals surface area contributed by atoms with Crippen LogP contribution >= 0.6 is 0 Å². The first-order chi connectivity index (χ1) is 15.4. The van der Waals surface area contributed by atoms with E-state index < -0.39 is 4.92 Å². The molecule has 3 fully saturated rings. The second-order valence-corrected chi connectivity index (χ2v) is 9.06. The van der Waals surface area contributed by atoms with E-state index in [9.17, 15) is 24.5 Å². The van der Waals surface area contributed by atoms with E-state index in [1.165, 1.54) is 17.0 Å². The number of rotatable bonds is 5. The fourth-order valence-corrected chi connectivity index (χ4v) is 5.72. The van der Waals surface area contributed by atoms with Crippen molar-refractivity contribution in [3.8, 4) is 0 Å². The molecule has 0 N–H and O–H groups in total. The third-order valence-corrected chi connectivity index (χ3v) is 7.46. The first-order valence-corrected chi connectivity index (χ1v) is 11.2. The number of benzene rings is 1. The summed E-state index contributed by atoms with van der Waals surface area (Å²) in [6.07, 6.45) is 6.27. The number of hydrogen-bond donors (Lipinski definition) is 0. The SMILES string of the molecule is O=C(CCN1C(=O)C2C3C=CC(CC3)C2C1=O)N1CCN(c2ccc([N+](=O)[O-])cc2)CC1. The maximum atomic E-state index is 12.9. The summed E-state index contributed by atoms with van der Waals surface area (Å²) in [7, 11) is 0. The lowest BCUT2D eigenvalue weighted by molar-refractivity contribution is -0.384. The first kappa shape index (κ1) is 20.7. The Morgan fingerprint density at radius 1 is 0.938 bits per heavy atom. The number of carbonyl (C=O) groups excluding carboxylic acids is 3. The van der Waals surface area contributed by atoms with Crippen molar-refractivity contribution in [2.24, 2.45) is 23.7 Å². The summed E-state index contributed by atoms with van der Waals surface area (Å²) in [4.78, 5) is 54.1. The summed E-state index contributed by atoms with van der Waals surface area (Å²) in [5.41, 5.74) is 0.944. The highest BCUT2D eigenvalue weighted by atomic mass is 16.6. The van der Waals surface area contributed by atoms with Crippen molar-refractivity contribution in [1.29, 1.82) is 0 Å². The Morgan fingerprint density at radius 2 is 1.50 bits per heavy atom. The van der Waals surface area contributed by atoms with E-state index in [4.69, 9.17) is 0 Å². The molecular formula is C23H26N4O5. The van der Waals surface area contributed by atoms with Crippen molar-refractivity contribution in [2.75, 3.05) is 37.6 Å². The van der Waals surface area contributed by atoms with Crippen LogP contribution in [-0.4, -0.2) is 65.2 Å². The smallest absolute Gasteiger partial charge is 0.269 e. The van der Waals surface area contributed by atoms with Gasteiger partial charge < -0.3 is 9.80 Å². The van der Waals surface area contributed by atoms with E-state index in [0.717, 1.165) is 18.5 Å². The van der Waals surface area contributed by atoms with Gasteiger partial charge in [0.1, 0.15) is 0 Å². The monoisotopic (exact) mass is 438 g/mol. The van der Waals surface area contributed by atoms with Crippen molar-refractivity contribution in [3.63, 3.8) is 0 Å². The summed E-state index contributed by atoms with van der Waals surface area (Å²) in [6, 6.07) is 6.41. The molecule has 6 rings (SSSR count). The van der Waals surface area contributed by atoms with Gasteiger partial charge in [-0.15, -0.1) is 0 Å². The summed E-state index contributed by atoms with van der Waals surface area (Å²) >= 11 is 0. The van der Waals surface area contributed by atoms with Gasteiger partial charge in [-0.25, -0.2) is 0 Å². The molecule has 1 saturated carbocycles. The zero-order valence-corrected chi connectivity index (χ0v) is 17.8. The number of carbonyl (C=O) groups is 3. The van der Waals surface area contributed by atoms with Crippen LogP contribution in [0.1, 0.15) is 19.3 Å². The van der Waals surface area contributed by atoms with Crippen LogP contribution in [0.25, 0.3) is 0 Å². The Bertz CT molecular complexity index is 951. The quantitative estimate of drug-likeness (QED) is 0.301. The fraction of sp³-hybridized carbons (Fsp3) is 0.522. The van der Waals surface area contributed by atoms with E-state index in [1.54, 1.807) is 17.0 Å². The predicted octanol–water partition coefficient (Wildman–Crippen LogP) is 1.83. The number of imide groups is 1. The summed E-state index contributed by atoms with van der Waals surface area (Å²) in [5, 5.41) is 10.8. The lowest BCUT2D eigenvalue weighted by Gasteiger charge is -2.38. The van der Waals surface area contributed by atoms with Gasteiger partial charge in [0.05, 0.1) is 16.8 Å². The van der Waals surface area contributed by atoms with E-state index in [-0.39, 0.29) is 60.0 Å². The van der Waals surface area contributed by atoms with Gasteiger partial charge >= 0.3 is 0 Å². The Hall–Kier alpha value is -3.23. The number of nitro groups is 1. The molecule has 2 aliphatic heterocycles. The molecule has 1 aromatic carbocycles. The number of nitro benzene ring substituents is 1. The minimum atomic E-state index is -0.424. The molecule has 0 spiro atoms. The van der Waals surface area contributed by atoms with Crippen LogP contribution in [0.4, 0.5) is 11.4 Å². The topological polar surface area (TPSA) is 104 Å². The van der Waals surface area contributed by atoms with Gasteiger partial charge in [0.2, 0.25) is 17.7 Å². The molecule has 4 unspecified atom stereocenters. The van der Waals surface area contributed by atoms with Gasteiger partial charge in [0, 0.05) is 57.0 Å². The van der Waals surface area contributed by atoms with Crippen LogP contribution in [0.3, 0.4) is 0 Å². The molecule has 32 heavy (non-hydrogen) atoms. The number of allylic oxidation sites excluding steroid dienone is 2. The molecule has 4 atom stereocenters. The number of hydrogen-bond acceptors (Lipinski definition) is 6. The standard InChI is InChI=1S/C23H26N4O5/c28-19(25-13-11-24(12-14-25)17-5-7-18(8-6-17)27(31)32)9-10-26-22(29)20-15-1-2-16(4-3-15)21(20)23(26)30/h1-2,5-8,15-16,20-21H,3-4,9-14H2. The molecule has 3 aliphatic carbocycles. The van der Waals surface area contributed by atoms with Gasteiger partial charge in [-0.1, -0.05) is 12.2 Å². The molecule has 1 aromatic rings. The summed E-state index contributed by atoms with van der Waals surface area (Å²) in [6.45, 7) is 2.49. The van der Waals surface area contributed by atoms with E-state index >= 15 is 0 Å². The molecule has 2 bridgehead atoms. The molecule has 3 amide bonds. The number of fused-ring (bicyclic) bond motifs is 1. The molecule has 2 heterocycles. The maximum Gasteiger partial charge on any atom is 0.269 e. The summed E-state index contributed by atoms with van der Waals surface area (Å²) in [5.74, 6) is -0.392. The number of amides is 3. The Balaban J connectivity index is 1.14. The van der Waals surface area contributed by atoms with Gasteiger partial charge in [0.15, 0.2) is 0 Å². The average Bonchev–Trinajstić information content (AvgIpc) is 3.10. The molecular weight excluding hydrogens is 412 g/mol. The van der Waals surface area contributed by atoms with Crippen LogP contribution in [0.5, 0.6) is 0 Å². The molecule has 0 radical (unpaired) electrons. The van der Waals surface area contributed by atoms with Crippen LogP contribution in [0.15, 0.2) is 36.4 Å². The third kappa shape index (κ3) is 3.45. The number of likely N-dealkylation sites (tertiary alicyclic amines) is 1. The van der Waals surface area contributed by atoms with Gasteiger partial charge in [-0.2, -0.15) is 0 Å². The Labute approximate surface area is 185 Å². The lowest BCUT2D eigenvalue weighted by Crippen LogP contribution is -2.49. The maximum absolute atomic E-state index is 12.9. The Morgan fingerprint density at radius 3 is 2.00 bits per heavy atom. The van der Waals surface area contributed by atoms with Crippen LogP contribution in [0, 0.1) is 33.8 Å². The van der Waals surface area contributed by atoms with Crippen molar-refractivity contribution >= 4 is 29.1 Å². The highest BCUT2D eigenvalue weighted by molar-refractivity contribution is 6.06. The number of nitrogens with zero attached hydrogens (tertiary/aromatic N) is 4. The van der Waals surface area contributed by atoms with E-state index in [2.05, 4.69) is 17.1 Å². The highest BCUT2D eigenvalue weighted by Crippen LogP contribution is 2.49. The van der Waals surface area contributed by atoms with Crippen LogP contribution < -0.4 is 4.90 Å².